The van der Waals surface area contributed by atoms with Gasteiger partial charge in [0.05, 0.1) is 13.3 Å². The number of aliphatic hydroxyl groups excluding tert-OH is 1. The highest BCUT2D eigenvalue weighted by atomic mass is 35.5. The van der Waals surface area contributed by atoms with Crippen LogP contribution in [-0.2, 0) is 4.74 Å². The number of ether oxygens (including phenoxy) is 1. The molecule has 0 amide bonds. The number of hydrogen-bond acceptors (Lipinski definition) is 3. The number of aliphatic hydroxyl groups is 1. The van der Waals surface area contributed by atoms with Crippen LogP contribution in [0.3, 0.4) is 0 Å². The molecule has 0 aliphatic carbocycles. The van der Waals surface area contributed by atoms with Gasteiger partial charge in [-0.2, -0.15) is 0 Å². The molecule has 1 fully saturated rings. The molecule has 0 saturated carbocycles. The minimum Gasteiger partial charge on any atom is -0.381 e. The van der Waals surface area contributed by atoms with Crippen LogP contribution in [0.1, 0.15) is 0 Å². The van der Waals surface area contributed by atoms with Crippen molar-refractivity contribution in [3.63, 3.8) is 0 Å². The zero-order valence-electron chi connectivity index (χ0n) is 5.09. The third-order valence-corrected chi connectivity index (χ3v) is 1.57. The minimum atomic E-state index is -0.245. The summed E-state index contributed by atoms with van der Waals surface area (Å²) in [6.07, 6.45) is 0. The molecule has 0 aromatic heterocycles. The third kappa shape index (κ3) is 2.10. The Morgan fingerprint density at radius 3 is 3.00 bits per heavy atom. The Bertz CT molecular complexity index is 91.0. The van der Waals surface area contributed by atoms with Crippen LogP contribution in [0.2, 0.25) is 0 Å². The molecular weight excluding hydrogens is 142 g/mol. The van der Waals surface area contributed by atoms with E-state index >= 15 is 0 Å². The van der Waals surface area contributed by atoms with Crippen LogP contribution in [0.15, 0.2) is 0 Å². The number of alkyl halides is 1. The molecule has 0 bridgehead atoms. The van der Waals surface area contributed by atoms with Crippen LogP contribution in [0.25, 0.3) is 0 Å². The van der Waals surface area contributed by atoms with Gasteiger partial charge in [0.2, 0.25) is 0 Å². The van der Waals surface area contributed by atoms with E-state index in [2.05, 4.69) is 0 Å². The highest BCUT2D eigenvalue weighted by molar-refractivity contribution is 6.19. The molecule has 4 heteroatoms. The number of hydrogen-bond donors (Lipinski definition) is 1. The van der Waals surface area contributed by atoms with Crippen molar-refractivity contribution in [2.45, 2.75) is 5.56 Å². The summed E-state index contributed by atoms with van der Waals surface area (Å²) in [5.41, 5.74) is -0.245. The second kappa shape index (κ2) is 3.37. The summed E-state index contributed by atoms with van der Waals surface area (Å²) in [5.74, 6) is 0. The van der Waals surface area contributed by atoms with E-state index in [0.717, 1.165) is 6.54 Å². The monoisotopic (exact) mass is 151 g/mol. The van der Waals surface area contributed by atoms with Crippen LogP contribution in [0.4, 0.5) is 0 Å². The molecule has 0 aromatic rings. The van der Waals surface area contributed by atoms with Crippen molar-refractivity contribution >= 4 is 11.6 Å². The van der Waals surface area contributed by atoms with Gasteiger partial charge in [-0.25, -0.2) is 0 Å². The second-order valence-corrected chi connectivity index (χ2v) is 2.49. The summed E-state index contributed by atoms with van der Waals surface area (Å²) in [7, 11) is 0. The first-order chi connectivity index (χ1) is 4.33. The summed E-state index contributed by atoms with van der Waals surface area (Å²) >= 11 is 5.62. The predicted octanol–water partition coefficient (Wildman–Crippen LogP) is -0.167. The van der Waals surface area contributed by atoms with Gasteiger partial charge in [-0.15, -0.1) is 0 Å². The summed E-state index contributed by atoms with van der Waals surface area (Å²) in [4.78, 5) is 1.83. The van der Waals surface area contributed by atoms with Crippen molar-refractivity contribution in [2.24, 2.45) is 0 Å². The van der Waals surface area contributed by atoms with Crippen molar-refractivity contribution in [3.8, 4) is 0 Å². The van der Waals surface area contributed by atoms with E-state index in [1.807, 2.05) is 4.90 Å². The Balaban J connectivity index is 2.23. The first-order valence-corrected chi connectivity index (χ1v) is 3.35. The fraction of sp³-hybridized carbons (Fsp3) is 1.00. The molecule has 1 rings (SSSR count). The standard InChI is InChI=1S/C5H10ClNO2/c6-5-3-7(4-8)1-2-9-5/h5,8H,1-4H2. The molecule has 0 spiro atoms. The summed E-state index contributed by atoms with van der Waals surface area (Å²) in [5, 5.41) is 8.62. The number of rotatable bonds is 1. The average molecular weight is 152 g/mol. The molecule has 1 aliphatic heterocycles. The maximum atomic E-state index is 8.62. The van der Waals surface area contributed by atoms with Gasteiger partial charge in [0, 0.05) is 13.1 Å². The Kier molecular flexibility index (Phi) is 2.72. The topological polar surface area (TPSA) is 32.7 Å². The normalized spacial score (nSPS) is 30.7. The van der Waals surface area contributed by atoms with Crippen molar-refractivity contribution in [1.82, 2.24) is 4.90 Å². The molecule has 1 unspecified atom stereocenters. The van der Waals surface area contributed by atoms with Crippen LogP contribution in [0.5, 0.6) is 0 Å². The van der Waals surface area contributed by atoms with Gasteiger partial charge in [-0.3, -0.25) is 4.90 Å². The van der Waals surface area contributed by atoms with E-state index in [4.69, 9.17) is 21.4 Å². The van der Waals surface area contributed by atoms with Crippen LogP contribution in [-0.4, -0.2) is 42.0 Å². The Morgan fingerprint density at radius 2 is 2.56 bits per heavy atom. The SMILES string of the molecule is OCN1CCOC(Cl)C1. The fourth-order valence-corrected chi connectivity index (χ4v) is 1.07. The van der Waals surface area contributed by atoms with Crippen LogP contribution < -0.4 is 0 Å². The molecule has 3 nitrogen and oxygen atoms in total. The zero-order chi connectivity index (χ0) is 6.69. The van der Waals surface area contributed by atoms with E-state index in [1.165, 1.54) is 0 Å². The number of halogens is 1. The van der Waals surface area contributed by atoms with Gasteiger partial charge in [0.1, 0.15) is 5.56 Å². The van der Waals surface area contributed by atoms with Crippen molar-refractivity contribution in [3.05, 3.63) is 0 Å². The molecular formula is C5H10ClNO2. The first kappa shape index (κ1) is 7.28. The Hall–Kier alpha value is 0.170. The molecule has 0 radical (unpaired) electrons. The van der Waals surface area contributed by atoms with E-state index in [-0.39, 0.29) is 12.3 Å². The van der Waals surface area contributed by atoms with Gasteiger partial charge in [-0.05, 0) is 0 Å². The maximum absolute atomic E-state index is 8.62. The van der Waals surface area contributed by atoms with Gasteiger partial charge in [-0.1, -0.05) is 11.6 Å². The lowest BCUT2D eigenvalue weighted by atomic mass is 10.5. The Morgan fingerprint density at radius 1 is 1.78 bits per heavy atom. The molecule has 54 valence electrons. The lowest BCUT2D eigenvalue weighted by Gasteiger charge is -2.27. The van der Waals surface area contributed by atoms with Gasteiger partial charge >= 0.3 is 0 Å². The predicted molar refractivity (Wildman–Crippen MR) is 34.3 cm³/mol. The second-order valence-electron chi connectivity index (χ2n) is 2.00. The van der Waals surface area contributed by atoms with E-state index < -0.39 is 0 Å². The minimum absolute atomic E-state index is 0.0760. The van der Waals surface area contributed by atoms with Crippen molar-refractivity contribution in [1.29, 1.82) is 0 Å². The van der Waals surface area contributed by atoms with Crippen molar-refractivity contribution in [2.75, 3.05) is 26.4 Å². The molecule has 1 N–H and O–H groups in total. The molecule has 1 heterocycles. The van der Waals surface area contributed by atoms with E-state index in [1.54, 1.807) is 0 Å². The quantitative estimate of drug-likeness (QED) is 0.529. The van der Waals surface area contributed by atoms with Crippen molar-refractivity contribution < 1.29 is 9.84 Å². The summed E-state index contributed by atoms with van der Waals surface area (Å²) in [6.45, 7) is 2.10. The van der Waals surface area contributed by atoms with E-state index in [9.17, 15) is 0 Å². The van der Waals surface area contributed by atoms with Gasteiger partial charge < -0.3 is 9.84 Å². The Labute approximate surface area is 59.2 Å². The molecule has 9 heavy (non-hydrogen) atoms. The highest BCUT2D eigenvalue weighted by Crippen LogP contribution is 2.06. The smallest absolute Gasteiger partial charge is 0.143 e. The van der Waals surface area contributed by atoms with E-state index in [0.29, 0.717) is 13.2 Å². The molecule has 0 aromatic carbocycles. The number of morpholine rings is 1. The lowest BCUT2D eigenvalue weighted by Crippen LogP contribution is -2.40. The summed E-state index contributed by atoms with van der Waals surface area (Å²) < 4.78 is 5.02. The van der Waals surface area contributed by atoms with Crippen LogP contribution in [0, 0.1) is 0 Å². The number of nitrogens with zero attached hydrogens (tertiary/aromatic N) is 1. The zero-order valence-corrected chi connectivity index (χ0v) is 5.84. The average Bonchev–Trinajstić information content (AvgIpc) is 1.88. The largest absolute Gasteiger partial charge is 0.381 e. The van der Waals surface area contributed by atoms with Crippen LogP contribution >= 0.6 is 11.6 Å². The molecule has 1 aliphatic rings. The highest BCUT2D eigenvalue weighted by Gasteiger charge is 2.16. The maximum Gasteiger partial charge on any atom is 0.143 e. The van der Waals surface area contributed by atoms with Gasteiger partial charge in [0.25, 0.3) is 0 Å². The third-order valence-electron chi connectivity index (χ3n) is 1.31. The van der Waals surface area contributed by atoms with Gasteiger partial charge in [0.15, 0.2) is 0 Å². The first-order valence-electron chi connectivity index (χ1n) is 2.92. The molecule has 1 saturated heterocycles. The molecule has 1 atom stereocenters. The summed E-state index contributed by atoms with van der Waals surface area (Å²) in [6, 6.07) is 0. The lowest BCUT2D eigenvalue weighted by molar-refractivity contribution is -0.0209. The fourth-order valence-electron chi connectivity index (χ4n) is 0.785.